The van der Waals surface area contributed by atoms with Crippen molar-refractivity contribution in [2.45, 2.75) is 6.42 Å². The third kappa shape index (κ3) is 5.08. The van der Waals surface area contributed by atoms with Gasteiger partial charge in [-0.25, -0.2) is 25.0 Å². The quantitative estimate of drug-likeness (QED) is 0.151. The predicted octanol–water partition coefficient (Wildman–Crippen LogP) is 3.22. The molecule has 0 saturated carbocycles. The van der Waals surface area contributed by atoms with Crippen molar-refractivity contribution in [2.24, 2.45) is 25.0 Å². The molecule has 4 aliphatic carbocycles. The van der Waals surface area contributed by atoms with Gasteiger partial charge in [-0.3, -0.25) is 4.55 Å². The normalized spacial score (nSPS) is 18.0. The summed E-state index contributed by atoms with van der Waals surface area (Å²) < 4.78 is 36.9. The number of thiocarbonyl (C=S) groups is 4. The molecule has 266 valence electrons. The first-order valence-corrected chi connectivity index (χ1v) is 19.6. The maximum Gasteiger partial charge on any atom is 0.296 e. The van der Waals surface area contributed by atoms with Crippen LogP contribution in [0.1, 0.15) is 34.2 Å². The third-order valence-corrected chi connectivity index (χ3v) is 12.1. The van der Waals surface area contributed by atoms with Crippen molar-refractivity contribution >= 4 is 119 Å². The van der Waals surface area contributed by atoms with E-state index in [0.717, 1.165) is 11.1 Å². The molecule has 1 aromatic carbocycles. The second kappa shape index (κ2) is 12.1. The molecular formula is C38H20N8O4S5. The van der Waals surface area contributed by atoms with Crippen LogP contribution >= 0.6 is 48.9 Å². The summed E-state index contributed by atoms with van der Waals surface area (Å²) in [4.78, 5) is 35.2. The highest BCUT2D eigenvalue weighted by Gasteiger charge is 2.37. The van der Waals surface area contributed by atoms with Crippen LogP contribution < -0.4 is 32.4 Å². The maximum atomic E-state index is 13.1. The van der Waals surface area contributed by atoms with E-state index in [1.54, 1.807) is 54.6 Å². The number of hydrogen-bond donors (Lipinski definition) is 5. The van der Waals surface area contributed by atoms with Gasteiger partial charge in [-0.05, 0) is 17.7 Å². The fraction of sp³-hybridized carbons (Fsp3) is 0.0263. The molecule has 0 atom stereocenters. The molecule has 0 amide bonds. The zero-order chi connectivity index (χ0) is 37.9. The highest BCUT2D eigenvalue weighted by Crippen LogP contribution is 2.36. The van der Waals surface area contributed by atoms with Gasteiger partial charge in [0.2, 0.25) is 0 Å². The van der Waals surface area contributed by atoms with Crippen molar-refractivity contribution < 1.29 is 18.1 Å². The number of benzene rings is 1. The van der Waals surface area contributed by atoms with Gasteiger partial charge in [-0.2, -0.15) is 8.42 Å². The average molecular weight is 813 g/mol. The molecule has 55 heavy (non-hydrogen) atoms. The molecule has 0 unspecified atom stereocenters. The summed E-state index contributed by atoms with van der Waals surface area (Å²) in [7, 11) is -5.01. The summed E-state index contributed by atoms with van der Waals surface area (Å²) in [5.74, 6) is 0.371. The molecule has 5 heterocycles. The van der Waals surface area contributed by atoms with Gasteiger partial charge >= 0.3 is 0 Å². The number of fused-ring (bicyclic) bond motifs is 18. The van der Waals surface area contributed by atoms with Gasteiger partial charge in [0, 0.05) is 59.6 Å². The van der Waals surface area contributed by atoms with Crippen molar-refractivity contribution in [3.8, 4) is 0 Å². The lowest BCUT2D eigenvalue weighted by molar-refractivity contribution is 0.491. The largest absolute Gasteiger partial charge is 0.506 e. The summed E-state index contributed by atoms with van der Waals surface area (Å²) >= 11 is 23.3. The second-order valence-corrected chi connectivity index (χ2v) is 16.0. The molecule has 17 heteroatoms. The van der Waals surface area contributed by atoms with E-state index in [1.165, 1.54) is 0 Å². The number of amidine groups is 1. The van der Waals surface area contributed by atoms with Gasteiger partial charge in [0.15, 0.2) is 11.7 Å². The number of aromatic nitrogens is 3. The SMILES string of the molecule is O=S(=O)(O)C1=C(c2ccccc2)C(O)=c2c(c3[nH]c2=NC2=C4C(=S)C=CC=C4C(=N2)N=c2[nH]c(c4c2C(=S)CC=C4)=Nc2[nH]c(c4c2C(=S)C=CC=4)=N3)C1=S. The standard InChI is InChI=1S/C38H20N8O4S5/c47-28-22(15-7-2-1-3-8-15)30(55(48,49)50)29(54)27-26(28)37-45-36-25-18(11-6-14-21(25)53)32(43-36)41-34-23-16(9-4-12-19(23)51)31(39-34)40-35-24-17(10-5-13-20(24)52)33(42-35)44-38(27)46-37/h1-11,13-14,47H,12H2,(H,42,44)(H,45,46)(H,48,49,50)(H,39,40,41,43). The number of aliphatic hydroxyl groups is 1. The molecule has 4 aromatic rings. The second-order valence-electron chi connectivity index (χ2n) is 12.8. The van der Waals surface area contributed by atoms with Crippen molar-refractivity contribution in [1.82, 2.24) is 15.0 Å². The number of aliphatic hydroxyl groups excluding tert-OH is 1. The fourth-order valence-corrected chi connectivity index (χ4v) is 9.61. The van der Waals surface area contributed by atoms with E-state index in [0.29, 0.717) is 71.1 Å². The van der Waals surface area contributed by atoms with E-state index >= 15 is 0 Å². The van der Waals surface area contributed by atoms with E-state index < -0.39 is 20.8 Å². The van der Waals surface area contributed by atoms with Crippen LogP contribution in [0.3, 0.4) is 0 Å². The minimum absolute atomic E-state index is 0.0133. The smallest absolute Gasteiger partial charge is 0.296 e. The number of allylic oxidation sites excluding steroid dienone is 7. The van der Waals surface area contributed by atoms with E-state index in [4.69, 9.17) is 73.8 Å². The first-order valence-electron chi connectivity index (χ1n) is 16.5. The molecular weight excluding hydrogens is 793 g/mol. The van der Waals surface area contributed by atoms with Gasteiger partial charge in [0.25, 0.3) is 10.1 Å². The molecule has 2 aliphatic heterocycles. The number of nitrogens with one attached hydrogen (secondary N) is 3. The van der Waals surface area contributed by atoms with Crippen molar-refractivity contribution in [2.75, 3.05) is 0 Å². The average Bonchev–Trinajstić information content (AvgIpc) is 3.89. The van der Waals surface area contributed by atoms with Crippen LogP contribution in [0, 0.1) is 0 Å². The van der Waals surface area contributed by atoms with E-state index in [-0.39, 0.29) is 43.9 Å². The molecule has 0 fully saturated rings. The van der Waals surface area contributed by atoms with Crippen molar-refractivity contribution in [1.29, 1.82) is 0 Å². The van der Waals surface area contributed by atoms with Crippen LogP contribution in [-0.2, 0) is 10.1 Å². The number of hydrogen-bond acceptors (Lipinski definition) is 12. The summed E-state index contributed by atoms with van der Waals surface area (Å²) in [6.45, 7) is 0. The molecule has 8 bridgehead atoms. The molecule has 0 spiro atoms. The van der Waals surface area contributed by atoms with Crippen molar-refractivity contribution in [3.63, 3.8) is 0 Å². The number of H-pyrrole nitrogens is 3. The molecule has 3 aromatic heterocycles. The number of rotatable bonds is 2. The summed E-state index contributed by atoms with van der Waals surface area (Å²) in [6, 6.07) is 8.26. The van der Waals surface area contributed by atoms with Crippen LogP contribution in [0.25, 0.3) is 23.5 Å². The summed E-state index contributed by atoms with van der Waals surface area (Å²) in [5, 5.41) is 12.8. The van der Waals surface area contributed by atoms with Crippen molar-refractivity contribution in [3.05, 3.63) is 149 Å². The number of aliphatic imine (C=N–C) groups is 1. The molecule has 6 aliphatic rings. The lowest BCUT2D eigenvalue weighted by Crippen LogP contribution is -2.35. The van der Waals surface area contributed by atoms with Crippen LogP contribution in [0.15, 0.2) is 114 Å². The Morgan fingerprint density at radius 2 is 1.44 bits per heavy atom. The van der Waals surface area contributed by atoms with E-state index in [9.17, 15) is 18.1 Å². The van der Waals surface area contributed by atoms with Gasteiger partial charge < -0.3 is 20.1 Å². The Kier molecular flexibility index (Phi) is 7.41. The zero-order valence-electron chi connectivity index (χ0n) is 27.7. The first kappa shape index (κ1) is 33.7. The molecule has 0 radical (unpaired) electrons. The van der Waals surface area contributed by atoms with Gasteiger partial charge in [0.1, 0.15) is 44.3 Å². The minimum atomic E-state index is -5.01. The van der Waals surface area contributed by atoms with Crippen LogP contribution in [0.2, 0.25) is 0 Å². The lowest BCUT2D eigenvalue weighted by atomic mass is 9.94. The van der Waals surface area contributed by atoms with Gasteiger partial charge in [0.05, 0.1) is 15.6 Å². The molecule has 12 nitrogen and oxygen atoms in total. The summed E-state index contributed by atoms with van der Waals surface area (Å²) in [5.41, 5.74) is 4.53. The van der Waals surface area contributed by atoms with Crippen LogP contribution in [0.4, 0.5) is 11.6 Å². The Bertz CT molecular complexity index is 3390. The Balaban J connectivity index is 1.41. The van der Waals surface area contributed by atoms with Gasteiger partial charge in [-0.1, -0.05) is 116 Å². The topological polar surface area (TPSA) is 184 Å². The first-order chi connectivity index (χ1) is 26.5. The fourth-order valence-electron chi connectivity index (χ4n) is 7.31. The number of aromatic amines is 3. The Morgan fingerprint density at radius 3 is 2.24 bits per heavy atom. The van der Waals surface area contributed by atoms with Crippen LogP contribution in [-0.4, -0.2) is 58.3 Å². The third-order valence-electron chi connectivity index (χ3n) is 9.62. The number of nitrogens with zero attached hydrogens (tertiary/aromatic N) is 5. The Labute approximate surface area is 330 Å². The minimum Gasteiger partial charge on any atom is -0.506 e. The maximum absolute atomic E-state index is 13.1. The van der Waals surface area contributed by atoms with E-state index in [1.807, 2.05) is 24.3 Å². The lowest BCUT2D eigenvalue weighted by Gasteiger charge is -2.18. The monoisotopic (exact) mass is 812 g/mol. The molecule has 0 saturated heterocycles. The Morgan fingerprint density at radius 1 is 0.709 bits per heavy atom. The van der Waals surface area contributed by atoms with Crippen LogP contribution in [0.5, 0.6) is 0 Å². The predicted molar refractivity (Wildman–Crippen MR) is 223 cm³/mol. The highest BCUT2D eigenvalue weighted by atomic mass is 32.2. The molecule has 5 N–H and O–H groups in total. The Hall–Kier alpha value is -5.82. The van der Waals surface area contributed by atoms with Gasteiger partial charge in [-0.15, -0.1) is 0 Å². The summed E-state index contributed by atoms with van der Waals surface area (Å²) in [6.07, 6.45) is 15.2. The highest BCUT2D eigenvalue weighted by molar-refractivity contribution is 7.94. The zero-order valence-corrected chi connectivity index (χ0v) is 31.8. The van der Waals surface area contributed by atoms with E-state index in [2.05, 4.69) is 15.0 Å². The molecule has 10 rings (SSSR count).